The fraction of sp³-hybridized carbons (Fsp3) is 0.696. The zero-order valence-corrected chi connectivity index (χ0v) is 15.7. The number of benzene rings is 1. The van der Waals surface area contributed by atoms with Crippen LogP contribution in [0, 0.1) is 29.1 Å². The minimum atomic E-state index is -0.442. The largest absolute Gasteiger partial charge is 0.390 e. The average molecular weight is 351 g/mol. The molecule has 4 bridgehead atoms. The number of hydrogen-bond acceptors (Lipinski definition) is 2. The van der Waals surface area contributed by atoms with Crippen LogP contribution in [0.2, 0.25) is 0 Å². The quantitative estimate of drug-likeness (QED) is 0.844. The molecular formula is C23H29NO2. The molecule has 1 aromatic carbocycles. The second-order valence-corrected chi connectivity index (χ2v) is 10.5. The molecule has 0 aromatic heterocycles. The van der Waals surface area contributed by atoms with Crippen molar-refractivity contribution in [2.75, 3.05) is 6.54 Å². The molecule has 1 saturated heterocycles. The Hall–Kier alpha value is -1.35. The normalized spacial score (nSPS) is 48.6. The maximum Gasteiger partial charge on any atom is 0.226 e. The van der Waals surface area contributed by atoms with Crippen molar-refractivity contribution in [2.24, 2.45) is 29.1 Å². The zero-order chi connectivity index (χ0) is 17.7. The van der Waals surface area contributed by atoms with Crippen LogP contribution in [0.15, 0.2) is 24.3 Å². The zero-order valence-electron chi connectivity index (χ0n) is 15.7. The molecule has 1 unspecified atom stereocenters. The van der Waals surface area contributed by atoms with Crippen molar-refractivity contribution in [2.45, 2.75) is 63.5 Å². The van der Waals surface area contributed by atoms with Gasteiger partial charge < -0.3 is 10.0 Å². The van der Waals surface area contributed by atoms with Crippen LogP contribution >= 0.6 is 0 Å². The molecule has 3 nitrogen and oxygen atoms in total. The van der Waals surface area contributed by atoms with Crippen molar-refractivity contribution < 1.29 is 9.90 Å². The molecule has 1 N–H and O–H groups in total. The Morgan fingerprint density at radius 1 is 1.08 bits per heavy atom. The number of likely N-dealkylation sites (tertiary alicyclic amines) is 1. The van der Waals surface area contributed by atoms with Crippen molar-refractivity contribution >= 4 is 5.91 Å². The number of amides is 1. The number of fused-ring (bicyclic) bond motifs is 2. The molecule has 1 aliphatic heterocycles. The van der Waals surface area contributed by atoms with Crippen molar-refractivity contribution in [3.63, 3.8) is 0 Å². The second-order valence-electron chi connectivity index (χ2n) is 10.5. The molecule has 5 fully saturated rings. The van der Waals surface area contributed by atoms with Crippen LogP contribution in [0.4, 0.5) is 0 Å². The minimum absolute atomic E-state index is 0.120. The summed E-state index contributed by atoms with van der Waals surface area (Å²) < 4.78 is 0. The van der Waals surface area contributed by atoms with Gasteiger partial charge in [0.15, 0.2) is 0 Å². The van der Waals surface area contributed by atoms with Gasteiger partial charge >= 0.3 is 0 Å². The van der Waals surface area contributed by atoms with Crippen molar-refractivity contribution in [3.05, 3.63) is 35.4 Å². The van der Waals surface area contributed by atoms with E-state index < -0.39 is 5.60 Å². The third-order valence-corrected chi connectivity index (χ3v) is 8.57. The molecule has 5 aliphatic carbocycles. The van der Waals surface area contributed by atoms with Gasteiger partial charge in [-0.15, -0.1) is 0 Å². The topological polar surface area (TPSA) is 40.5 Å². The molecule has 3 heteroatoms. The SMILES string of the molecule is C[C@]12CC3C[C@@H](C[C@](O)(C3)C1)[C@@H]2N1C[C@H]2Cc3ccccc3C[C@H]2C1=O. The first-order chi connectivity index (χ1) is 12.4. The lowest BCUT2D eigenvalue weighted by atomic mass is 9.46. The Bertz CT molecular complexity index is 790. The van der Waals surface area contributed by atoms with Crippen LogP contribution in [-0.2, 0) is 17.6 Å². The summed E-state index contributed by atoms with van der Waals surface area (Å²) in [6, 6.07) is 9.06. The Balaban J connectivity index is 1.32. The summed E-state index contributed by atoms with van der Waals surface area (Å²) in [5.41, 5.74) is 2.51. The molecular weight excluding hydrogens is 322 g/mol. The summed E-state index contributed by atoms with van der Waals surface area (Å²) in [5.74, 6) is 2.28. The molecule has 0 radical (unpaired) electrons. The van der Waals surface area contributed by atoms with Gasteiger partial charge in [-0.05, 0) is 79.2 Å². The van der Waals surface area contributed by atoms with E-state index >= 15 is 0 Å². The predicted molar refractivity (Wildman–Crippen MR) is 99.5 cm³/mol. The fourth-order valence-electron chi connectivity index (χ4n) is 8.22. The summed E-state index contributed by atoms with van der Waals surface area (Å²) in [7, 11) is 0. The molecule has 1 heterocycles. The fourth-order valence-corrected chi connectivity index (χ4v) is 8.22. The number of nitrogens with zero attached hydrogens (tertiary/aromatic N) is 1. The number of aliphatic hydroxyl groups is 1. The molecule has 1 amide bonds. The highest BCUT2D eigenvalue weighted by Gasteiger charge is 2.63. The lowest BCUT2D eigenvalue weighted by molar-refractivity contribution is -0.197. The predicted octanol–water partition coefficient (Wildman–Crippen LogP) is 3.19. The number of rotatable bonds is 1. The van der Waals surface area contributed by atoms with E-state index in [-0.39, 0.29) is 11.3 Å². The molecule has 6 aliphatic rings. The van der Waals surface area contributed by atoms with E-state index in [1.807, 2.05) is 0 Å². The molecule has 1 aromatic rings. The lowest BCUT2D eigenvalue weighted by Crippen LogP contribution is -2.66. The molecule has 7 atom stereocenters. The van der Waals surface area contributed by atoms with Gasteiger partial charge in [-0.25, -0.2) is 0 Å². The maximum atomic E-state index is 13.5. The molecule has 26 heavy (non-hydrogen) atoms. The van der Waals surface area contributed by atoms with Crippen LogP contribution in [0.1, 0.15) is 50.2 Å². The van der Waals surface area contributed by atoms with E-state index in [0.29, 0.717) is 29.7 Å². The maximum absolute atomic E-state index is 13.5. The number of hydrogen-bond donors (Lipinski definition) is 1. The summed E-state index contributed by atoms with van der Waals surface area (Å²) in [6.45, 7) is 3.31. The van der Waals surface area contributed by atoms with Crippen LogP contribution in [0.25, 0.3) is 0 Å². The Morgan fingerprint density at radius 3 is 2.58 bits per heavy atom. The first-order valence-corrected chi connectivity index (χ1v) is 10.5. The molecule has 4 saturated carbocycles. The van der Waals surface area contributed by atoms with Crippen LogP contribution in [-0.4, -0.2) is 34.1 Å². The van der Waals surface area contributed by atoms with E-state index in [4.69, 9.17) is 0 Å². The molecule has 7 rings (SSSR count). The van der Waals surface area contributed by atoms with E-state index in [2.05, 4.69) is 36.1 Å². The van der Waals surface area contributed by atoms with Crippen molar-refractivity contribution in [1.29, 1.82) is 0 Å². The van der Waals surface area contributed by atoms with Gasteiger partial charge in [0.1, 0.15) is 0 Å². The van der Waals surface area contributed by atoms with Crippen LogP contribution in [0.3, 0.4) is 0 Å². The third kappa shape index (κ3) is 2.01. The van der Waals surface area contributed by atoms with Gasteiger partial charge in [0.2, 0.25) is 5.91 Å². The molecule has 138 valence electrons. The highest BCUT2D eigenvalue weighted by molar-refractivity contribution is 5.83. The summed E-state index contributed by atoms with van der Waals surface area (Å²) in [4.78, 5) is 15.8. The van der Waals surface area contributed by atoms with Crippen LogP contribution < -0.4 is 0 Å². The third-order valence-electron chi connectivity index (χ3n) is 8.57. The Kier molecular flexibility index (Phi) is 2.97. The average Bonchev–Trinajstić information content (AvgIpc) is 2.86. The van der Waals surface area contributed by atoms with Gasteiger partial charge in [-0.2, -0.15) is 0 Å². The summed E-state index contributed by atoms with van der Waals surface area (Å²) in [6.07, 6.45) is 7.23. The number of carbonyl (C=O) groups excluding carboxylic acids is 1. The van der Waals surface area contributed by atoms with Gasteiger partial charge in [-0.3, -0.25) is 4.79 Å². The standard InChI is InChI=1S/C23H29NO2/c1-22-9-14-6-17(11-23(26,10-14)13-22)20(22)24-12-18-7-15-4-2-3-5-16(15)8-19(18)21(24)25/h2-5,14,17-20,26H,6-13H2,1H3/t14?,17-,18+,19+,20-,22-,23+/m0/s1. The van der Waals surface area contributed by atoms with Gasteiger partial charge in [0.25, 0.3) is 0 Å². The monoisotopic (exact) mass is 351 g/mol. The number of carbonyl (C=O) groups is 1. The highest BCUT2D eigenvalue weighted by Crippen LogP contribution is 2.63. The summed E-state index contributed by atoms with van der Waals surface area (Å²) in [5, 5.41) is 11.0. The van der Waals surface area contributed by atoms with E-state index in [1.54, 1.807) is 0 Å². The smallest absolute Gasteiger partial charge is 0.226 e. The Morgan fingerprint density at radius 2 is 1.85 bits per heavy atom. The highest BCUT2D eigenvalue weighted by atomic mass is 16.3. The Labute approximate surface area is 155 Å². The first kappa shape index (κ1) is 15.7. The summed E-state index contributed by atoms with van der Waals surface area (Å²) >= 11 is 0. The van der Waals surface area contributed by atoms with E-state index in [0.717, 1.165) is 38.6 Å². The van der Waals surface area contributed by atoms with Gasteiger partial charge in [0, 0.05) is 18.5 Å². The van der Waals surface area contributed by atoms with Gasteiger partial charge in [0.05, 0.1) is 5.60 Å². The molecule has 0 spiro atoms. The van der Waals surface area contributed by atoms with E-state index in [9.17, 15) is 9.90 Å². The minimum Gasteiger partial charge on any atom is -0.390 e. The first-order valence-electron chi connectivity index (χ1n) is 10.5. The van der Waals surface area contributed by atoms with Gasteiger partial charge in [-0.1, -0.05) is 31.2 Å². The van der Waals surface area contributed by atoms with Crippen molar-refractivity contribution in [1.82, 2.24) is 4.90 Å². The van der Waals surface area contributed by atoms with Crippen LogP contribution in [0.5, 0.6) is 0 Å². The second kappa shape index (κ2) is 4.92. The van der Waals surface area contributed by atoms with E-state index in [1.165, 1.54) is 24.0 Å². The lowest BCUT2D eigenvalue weighted by Gasteiger charge is -2.64. The van der Waals surface area contributed by atoms with Crippen molar-refractivity contribution in [3.8, 4) is 0 Å².